The number of benzene rings is 2. The lowest BCUT2D eigenvalue weighted by Crippen LogP contribution is -2.25. The lowest BCUT2D eigenvalue weighted by molar-refractivity contribution is -0.385. The van der Waals surface area contributed by atoms with Crippen molar-refractivity contribution >= 4 is 27.5 Å². The van der Waals surface area contributed by atoms with E-state index in [0.717, 1.165) is 10.0 Å². The van der Waals surface area contributed by atoms with Gasteiger partial charge in [0.1, 0.15) is 0 Å². The summed E-state index contributed by atoms with van der Waals surface area (Å²) in [5.41, 5.74) is 0.857. The average Bonchev–Trinajstić information content (AvgIpc) is 2.67. The highest BCUT2D eigenvalue weighted by atomic mass is 79.9. The molecule has 27 heavy (non-hydrogen) atoms. The molecule has 0 bridgehead atoms. The minimum absolute atomic E-state index is 0.103. The molecule has 0 aliphatic heterocycles. The minimum atomic E-state index is -0.587. The van der Waals surface area contributed by atoms with Gasteiger partial charge in [-0.05, 0) is 36.2 Å². The molecule has 1 N–H and O–H groups in total. The van der Waals surface area contributed by atoms with Gasteiger partial charge in [-0.15, -0.1) is 0 Å². The van der Waals surface area contributed by atoms with Crippen molar-refractivity contribution in [2.24, 2.45) is 0 Å². The molecule has 0 aliphatic carbocycles. The predicted octanol–water partition coefficient (Wildman–Crippen LogP) is 3.36. The first kappa shape index (κ1) is 20.5. The van der Waals surface area contributed by atoms with Gasteiger partial charge < -0.3 is 19.5 Å². The van der Waals surface area contributed by atoms with Crippen LogP contribution in [0.4, 0.5) is 5.69 Å². The molecule has 144 valence electrons. The summed E-state index contributed by atoms with van der Waals surface area (Å²) in [5, 5.41) is 13.8. The van der Waals surface area contributed by atoms with E-state index in [1.165, 1.54) is 25.3 Å². The first-order valence-corrected chi connectivity index (χ1v) is 8.71. The van der Waals surface area contributed by atoms with Gasteiger partial charge >= 0.3 is 5.69 Å². The van der Waals surface area contributed by atoms with Crippen LogP contribution in [-0.4, -0.2) is 38.7 Å². The Morgan fingerprint density at radius 3 is 2.30 bits per heavy atom. The first-order chi connectivity index (χ1) is 12.9. The molecule has 2 aromatic carbocycles. The van der Waals surface area contributed by atoms with Crippen molar-refractivity contribution in [2.45, 2.75) is 6.42 Å². The Balaban J connectivity index is 2.06. The topological polar surface area (TPSA) is 99.9 Å². The molecule has 0 aliphatic rings. The molecule has 1 amide bonds. The lowest BCUT2D eigenvalue weighted by atomic mass is 10.1. The van der Waals surface area contributed by atoms with Gasteiger partial charge in [-0.2, -0.15) is 0 Å². The Labute approximate surface area is 164 Å². The van der Waals surface area contributed by atoms with Crippen LogP contribution in [0, 0.1) is 10.1 Å². The fourth-order valence-corrected chi connectivity index (χ4v) is 3.00. The zero-order valence-corrected chi connectivity index (χ0v) is 16.7. The van der Waals surface area contributed by atoms with E-state index < -0.39 is 10.8 Å². The Hall–Kier alpha value is -2.81. The number of nitrogens with zero attached hydrogens (tertiary/aromatic N) is 1. The highest BCUT2D eigenvalue weighted by molar-refractivity contribution is 9.10. The molecule has 0 aromatic heterocycles. The molecule has 0 fully saturated rings. The maximum atomic E-state index is 12.3. The SMILES string of the molecule is COc1cc(Br)c(CCNC(=O)c2ccc(OC)c([N+](=O)[O-])c2)cc1OC. The monoisotopic (exact) mass is 438 g/mol. The number of carbonyl (C=O) groups excluding carboxylic acids is 1. The average molecular weight is 439 g/mol. The smallest absolute Gasteiger partial charge is 0.311 e. The van der Waals surface area contributed by atoms with Crippen molar-refractivity contribution in [2.75, 3.05) is 27.9 Å². The van der Waals surface area contributed by atoms with Crippen LogP contribution in [0.2, 0.25) is 0 Å². The Bertz CT molecular complexity index is 856. The van der Waals surface area contributed by atoms with Gasteiger partial charge in [-0.1, -0.05) is 15.9 Å². The first-order valence-electron chi connectivity index (χ1n) is 7.92. The van der Waals surface area contributed by atoms with Crippen molar-refractivity contribution < 1.29 is 23.9 Å². The van der Waals surface area contributed by atoms with Crippen molar-refractivity contribution in [3.63, 3.8) is 0 Å². The predicted molar refractivity (Wildman–Crippen MR) is 103 cm³/mol. The summed E-state index contributed by atoms with van der Waals surface area (Å²) < 4.78 is 16.3. The number of methoxy groups -OCH3 is 3. The van der Waals surface area contributed by atoms with Crippen molar-refractivity contribution in [3.05, 3.63) is 56.0 Å². The summed E-state index contributed by atoms with van der Waals surface area (Å²) in [6.45, 7) is 0.340. The molecule has 0 heterocycles. The molecule has 2 rings (SSSR count). The summed E-state index contributed by atoms with van der Waals surface area (Å²) >= 11 is 3.47. The number of nitro groups is 1. The van der Waals surface area contributed by atoms with Gasteiger partial charge in [0.05, 0.1) is 26.3 Å². The molecular formula is C18H19BrN2O6. The minimum Gasteiger partial charge on any atom is -0.493 e. The van der Waals surface area contributed by atoms with Crippen LogP contribution >= 0.6 is 15.9 Å². The van der Waals surface area contributed by atoms with Gasteiger partial charge in [0, 0.05) is 22.6 Å². The summed E-state index contributed by atoms with van der Waals surface area (Å²) in [4.78, 5) is 22.8. The molecule has 2 aromatic rings. The molecule has 0 spiro atoms. The number of carbonyl (C=O) groups is 1. The fraction of sp³-hybridized carbons (Fsp3) is 0.278. The molecule has 9 heteroatoms. The van der Waals surface area contributed by atoms with Crippen molar-refractivity contribution in [1.82, 2.24) is 5.32 Å². The van der Waals surface area contributed by atoms with E-state index in [1.54, 1.807) is 20.3 Å². The van der Waals surface area contributed by atoms with Crippen LogP contribution < -0.4 is 19.5 Å². The lowest BCUT2D eigenvalue weighted by Gasteiger charge is -2.12. The number of amides is 1. The number of ether oxygens (including phenoxy) is 3. The standard InChI is InChI=1S/C18H19BrN2O6/c1-25-15-5-4-12(8-14(15)21(23)24)18(22)20-7-6-11-9-16(26-2)17(27-3)10-13(11)19/h4-5,8-10H,6-7H2,1-3H3,(H,20,22). The zero-order valence-electron chi connectivity index (χ0n) is 15.1. The third-order valence-electron chi connectivity index (χ3n) is 3.87. The van der Waals surface area contributed by atoms with Crippen LogP contribution in [0.5, 0.6) is 17.2 Å². The Morgan fingerprint density at radius 1 is 1.07 bits per heavy atom. The molecule has 0 saturated carbocycles. The van der Waals surface area contributed by atoms with E-state index in [1.807, 2.05) is 6.07 Å². The van der Waals surface area contributed by atoms with Gasteiger partial charge in [0.25, 0.3) is 5.91 Å². The summed E-state index contributed by atoms with van der Waals surface area (Å²) in [7, 11) is 4.44. The number of nitro benzene ring substituents is 1. The van der Waals surface area contributed by atoms with Crippen LogP contribution in [-0.2, 0) is 6.42 Å². The Kier molecular flexibility index (Phi) is 7.00. The number of nitrogens with one attached hydrogen (secondary N) is 1. The third-order valence-corrected chi connectivity index (χ3v) is 4.61. The van der Waals surface area contributed by atoms with Crippen LogP contribution in [0.15, 0.2) is 34.8 Å². The molecular weight excluding hydrogens is 420 g/mol. The number of rotatable bonds is 8. The van der Waals surface area contributed by atoms with Crippen LogP contribution in [0.3, 0.4) is 0 Å². The maximum absolute atomic E-state index is 12.3. The number of halogens is 1. The zero-order chi connectivity index (χ0) is 20.0. The largest absolute Gasteiger partial charge is 0.493 e. The van der Waals surface area contributed by atoms with E-state index in [-0.39, 0.29) is 17.0 Å². The summed E-state index contributed by atoms with van der Waals surface area (Å²) in [6.07, 6.45) is 0.533. The van der Waals surface area contributed by atoms with Gasteiger partial charge in [0.2, 0.25) is 0 Å². The van der Waals surface area contributed by atoms with Crippen molar-refractivity contribution in [1.29, 1.82) is 0 Å². The van der Waals surface area contributed by atoms with Gasteiger partial charge in [-0.3, -0.25) is 14.9 Å². The number of hydrogen-bond acceptors (Lipinski definition) is 6. The molecule has 8 nitrogen and oxygen atoms in total. The second-order valence-corrected chi connectivity index (χ2v) is 6.30. The number of hydrogen-bond donors (Lipinski definition) is 1. The normalized spacial score (nSPS) is 10.2. The second-order valence-electron chi connectivity index (χ2n) is 5.45. The highest BCUT2D eigenvalue weighted by Gasteiger charge is 2.18. The second kappa shape index (κ2) is 9.22. The van der Waals surface area contributed by atoms with E-state index in [4.69, 9.17) is 14.2 Å². The Morgan fingerprint density at radius 2 is 1.70 bits per heavy atom. The molecule has 0 saturated heterocycles. The van der Waals surface area contributed by atoms with E-state index >= 15 is 0 Å². The van der Waals surface area contributed by atoms with Gasteiger partial charge in [-0.25, -0.2) is 0 Å². The van der Waals surface area contributed by atoms with E-state index in [0.29, 0.717) is 24.5 Å². The van der Waals surface area contributed by atoms with Gasteiger partial charge in [0.15, 0.2) is 17.2 Å². The summed E-state index contributed by atoms with van der Waals surface area (Å²) in [6, 6.07) is 7.70. The molecule has 0 radical (unpaired) electrons. The third kappa shape index (κ3) is 4.88. The maximum Gasteiger partial charge on any atom is 0.311 e. The van der Waals surface area contributed by atoms with E-state index in [9.17, 15) is 14.9 Å². The quantitative estimate of drug-likeness (QED) is 0.500. The van der Waals surface area contributed by atoms with Crippen LogP contribution in [0.1, 0.15) is 15.9 Å². The highest BCUT2D eigenvalue weighted by Crippen LogP contribution is 2.33. The fourth-order valence-electron chi connectivity index (χ4n) is 2.47. The van der Waals surface area contributed by atoms with Crippen LogP contribution in [0.25, 0.3) is 0 Å². The van der Waals surface area contributed by atoms with Crippen molar-refractivity contribution in [3.8, 4) is 17.2 Å². The summed E-state index contributed by atoms with van der Waals surface area (Å²) in [5.74, 6) is 0.888. The molecule has 0 atom stereocenters. The molecule has 0 unspecified atom stereocenters. The van der Waals surface area contributed by atoms with E-state index in [2.05, 4.69) is 21.2 Å².